The fourth-order valence-corrected chi connectivity index (χ4v) is 3.53. The van der Waals surface area contributed by atoms with Crippen molar-refractivity contribution >= 4 is 0 Å². The van der Waals surface area contributed by atoms with Gasteiger partial charge >= 0.3 is 5.69 Å². The Kier molecular flexibility index (Phi) is 4.93. The maximum Gasteiger partial charge on any atom is 0.350 e. The molecule has 1 aliphatic heterocycles. The van der Waals surface area contributed by atoms with Crippen molar-refractivity contribution in [3.05, 3.63) is 76.7 Å². The minimum absolute atomic E-state index is 0.0935. The van der Waals surface area contributed by atoms with Crippen LogP contribution in [-0.2, 0) is 13.0 Å². The molecule has 0 saturated carbocycles. The number of benzene rings is 1. The summed E-state index contributed by atoms with van der Waals surface area (Å²) in [5.74, 6) is 1.41. The minimum atomic E-state index is -0.0935. The molecule has 0 radical (unpaired) electrons. The van der Waals surface area contributed by atoms with Gasteiger partial charge in [0.2, 0.25) is 0 Å². The number of hydrogen-bond donors (Lipinski definition) is 1. The van der Waals surface area contributed by atoms with Gasteiger partial charge in [0.25, 0.3) is 0 Å². The van der Waals surface area contributed by atoms with E-state index < -0.39 is 0 Å². The Hall–Kier alpha value is -2.73. The van der Waals surface area contributed by atoms with Crippen molar-refractivity contribution in [3.8, 4) is 5.69 Å². The summed E-state index contributed by atoms with van der Waals surface area (Å²) in [6.45, 7) is 2.51. The smallest absolute Gasteiger partial charge is 0.317 e. The second kappa shape index (κ2) is 7.66. The van der Waals surface area contributed by atoms with Gasteiger partial charge in [0.15, 0.2) is 0 Å². The molecule has 134 valence electrons. The highest BCUT2D eigenvalue weighted by Crippen LogP contribution is 2.18. The third-order valence-electron chi connectivity index (χ3n) is 4.91. The molecule has 0 aliphatic carbocycles. The Morgan fingerprint density at radius 3 is 2.62 bits per heavy atom. The molecule has 2 aromatic heterocycles. The van der Waals surface area contributed by atoms with Crippen LogP contribution in [0.5, 0.6) is 0 Å². The lowest BCUT2D eigenvalue weighted by molar-refractivity contribution is 0.365. The molecular formula is C20H23N5O. The number of hydrogen-bond acceptors (Lipinski definition) is 4. The Labute approximate surface area is 152 Å². The average Bonchev–Trinajstić information content (AvgIpc) is 2.99. The summed E-state index contributed by atoms with van der Waals surface area (Å²) in [4.78, 5) is 17.2. The second-order valence-corrected chi connectivity index (χ2v) is 6.79. The first kappa shape index (κ1) is 16.7. The van der Waals surface area contributed by atoms with Gasteiger partial charge in [-0.3, -0.25) is 4.98 Å². The molecule has 0 amide bonds. The van der Waals surface area contributed by atoms with Crippen LogP contribution in [-0.4, -0.2) is 32.4 Å². The molecule has 1 N–H and O–H groups in total. The van der Waals surface area contributed by atoms with Gasteiger partial charge in [-0.2, -0.15) is 5.10 Å². The average molecular weight is 349 g/mol. The Morgan fingerprint density at radius 1 is 1.08 bits per heavy atom. The zero-order valence-electron chi connectivity index (χ0n) is 14.7. The lowest BCUT2D eigenvalue weighted by atomic mass is 9.94. The molecule has 1 saturated heterocycles. The lowest BCUT2D eigenvalue weighted by Crippen LogP contribution is -2.29. The minimum Gasteiger partial charge on any atom is -0.317 e. The molecule has 6 nitrogen and oxygen atoms in total. The fraction of sp³-hybridized carbons (Fsp3) is 0.350. The van der Waals surface area contributed by atoms with Gasteiger partial charge in [0.05, 0.1) is 12.2 Å². The number of nitrogens with one attached hydrogen (secondary N) is 1. The quantitative estimate of drug-likeness (QED) is 0.765. The van der Waals surface area contributed by atoms with Crippen LogP contribution >= 0.6 is 0 Å². The van der Waals surface area contributed by atoms with Crippen LogP contribution in [0, 0.1) is 5.92 Å². The van der Waals surface area contributed by atoms with E-state index in [1.807, 2.05) is 42.5 Å². The second-order valence-electron chi connectivity index (χ2n) is 6.79. The number of piperidine rings is 1. The number of rotatable bonds is 5. The van der Waals surface area contributed by atoms with Gasteiger partial charge in [-0.25, -0.2) is 14.0 Å². The fourth-order valence-electron chi connectivity index (χ4n) is 3.53. The van der Waals surface area contributed by atoms with Crippen molar-refractivity contribution in [2.75, 3.05) is 13.1 Å². The molecule has 6 heteroatoms. The summed E-state index contributed by atoms with van der Waals surface area (Å²) in [7, 11) is 0. The van der Waals surface area contributed by atoms with Crippen LogP contribution in [0.25, 0.3) is 5.69 Å². The van der Waals surface area contributed by atoms with Crippen LogP contribution in [0.15, 0.2) is 59.7 Å². The van der Waals surface area contributed by atoms with E-state index in [0.29, 0.717) is 12.5 Å². The number of pyridine rings is 1. The van der Waals surface area contributed by atoms with Crippen LogP contribution in [0.3, 0.4) is 0 Å². The predicted molar refractivity (Wildman–Crippen MR) is 100 cm³/mol. The normalized spacial score (nSPS) is 15.2. The summed E-state index contributed by atoms with van der Waals surface area (Å²) in [5, 5.41) is 8.09. The van der Waals surface area contributed by atoms with E-state index in [1.165, 1.54) is 0 Å². The molecule has 0 atom stereocenters. The van der Waals surface area contributed by atoms with E-state index in [2.05, 4.69) is 10.3 Å². The SMILES string of the molecule is O=c1n(Cc2cccnc2)nc(CC2CCNCC2)n1-c1ccccc1. The zero-order valence-corrected chi connectivity index (χ0v) is 14.7. The first-order valence-electron chi connectivity index (χ1n) is 9.15. The molecule has 3 heterocycles. The van der Waals surface area contributed by atoms with Crippen molar-refractivity contribution in [2.24, 2.45) is 5.92 Å². The molecular weight excluding hydrogens is 326 g/mol. The van der Waals surface area contributed by atoms with E-state index in [4.69, 9.17) is 5.10 Å². The van der Waals surface area contributed by atoms with Gasteiger partial charge in [-0.15, -0.1) is 0 Å². The maximum absolute atomic E-state index is 13.1. The van der Waals surface area contributed by atoms with Crippen molar-refractivity contribution in [1.29, 1.82) is 0 Å². The maximum atomic E-state index is 13.1. The van der Waals surface area contributed by atoms with Crippen LogP contribution in [0.1, 0.15) is 24.2 Å². The topological polar surface area (TPSA) is 64.7 Å². The van der Waals surface area contributed by atoms with Gasteiger partial charge < -0.3 is 5.32 Å². The summed E-state index contributed by atoms with van der Waals surface area (Å²) < 4.78 is 3.32. The molecule has 26 heavy (non-hydrogen) atoms. The largest absolute Gasteiger partial charge is 0.350 e. The summed E-state index contributed by atoms with van der Waals surface area (Å²) in [6, 6.07) is 13.6. The van der Waals surface area contributed by atoms with E-state index in [0.717, 1.165) is 49.4 Å². The molecule has 0 spiro atoms. The van der Waals surface area contributed by atoms with E-state index in [9.17, 15) is 4.79 Å². The highest BCUT2D eigenvalue weighted by atomic mass is 16.2. The highest BCUT2D eigenvalue weighted by Gasteiger charge is 2.20. The van der Waals surface area contributed by atoms with Crippen molar-refractivity contribution in [3.63, 3.8) is 0 Å². The van der Waals surface area contributed by atoms with Gasteiger partial charge in [0.1, 0.15) is 5.82 Å². The third kappa shape index (κ3) is 3.60. The van der Waals surface area contributed by atoms with Crippen LogP contribution in [0.4, 0.5) is 0 Å². The molecule has 1 aliphatic rings. The van der Waals surface area contributed by atoms with Gasteiger partial charge in [0, 0.05) is 18.8 Å². The molecule has 4 rings (SSSR count). The lowest BCUT2D eigenvalue weighted by Gasteiger charge is -2.22. The van der Waals surface area contributed by atoms with Gasteiger partial charge in [-0.1, -0.05) is 24.3 Å². The van der Waals surface area contributed by atoms with Gasteiger partial charge in [-0.05, 0) is 55.6 Å². The van der Waals surface area contributed by atoms with Crippen LogP contribution < -0.4 is 11.0 Å². The first-order chi connectivity index (χ1) is 12.8. The predicted octanol–water partition coefficient (Wildman–Crippen LogP) is 2.02. The number of para-hydroxylation sites is 1. The number of nitrogens with zero attached hydrogens (tertiary/aromatic N) is 4. The van der Waals surface area contributed by atoms with Crippen LogP contribution in [0.2, 0.25) is 0 Å². The Bertz CT molecular complexity index is 895. The Balaban J connectivity index is 1.70. The van der Waals surface area contributed by atoms with Crippen molar-refractivity contribution < 1.29 is 0 Å². The summed E-state index contributed by atoms with van der Waals surface area (Å²) >= 11 is 0. The van der Waals surface area contributed by atoms with Crippen molar-refractivity contribution in [2.45, 2.75) is 25.8 Å². The van der Waals surface area contributed by atoms with Crippen molar-refractivity contribution in [1.82, 2.24) is 24.6 Å². The number of aromatic nitrogens is 4. The summed E-state index contributed by atoms with van der Waals surface area (Å²) in [6.07, 6.45) is 6.58. The molecule has 0 unspecified atom stereocenters. The molecule has 1 fully saturated rings. The zero-order chi connectivity index (χ0) is 17.8. The molecule has 1 aromatic carbocycles. The first-order valence-corrected chi connectivity index (χ1v) is 9.15. The Morgan fingerprint density at radius 2 is 1.88 bits per heavy atom. The van der Waals surface area contributed by atoms with E-state index in [1.54, 1.807) is 21.6 Å². The van der Waals surface area contributed by atoms with E-state index >= 15 is 0 Å². The standard InChI is InChI=1S/C20H23N5O/c26-20-24(15-17-5-4-10-22-14-17)23-19(13-16-8-11-21-12-9-16)25(20)18-6-2-1-3-7-18/h1-7,10,14,16,21H,8-9,11-13,15H2. The summed E-state index contributed by atoms with van der Waals surface area (Å²) in [5.41, 5.74) is 1.75. The van der Waals surface area contributed by atoms with E-state index in [-0.39, 0.29) is 5.69 Å². The monoisotopic (exact) mass is 349 g/mol. The third-order valence-corrected chi connectivity index (χ3v) is 4.91. The molecule has 0 bridgehead atoms. The molecule has 3 aromatic rings. The highest BCUT2D eigenvalue weighted by molar-refractivity contribution is 5.32.